The van der Waals surface area contributed by atoms with E-state index in [4.69, 9.17) is 18.9 Å². The van der Waals surface area contributed by atoms with Crippen LogP contribution in [0.4, 0.5) is 0 Å². The lowest BCUT2D eigenvalue weighted by molar-refractivity contribution is -0.238. The van der Waals surface area contributed by atoms with Gasteiger partial charge < -0.3 is 18.9 Å². The van der Waals surface area contributed by atoms with Crippen LogP contribution in [0, 0.1) is 11.8 Å². The van der Waals surface area contributed by atoms with Crippen molar-refractivity contribution < 1.29 is 18.9 Å². The largest absolute Gasteiger partial charge is 0.497 e. The lowest BCUT2D eigenvalue weighted by Gasteiger charge is -2.34. The Kier molecular flexibility index (Phi) is 3.17. The second-order valence-corrected chi connectivity index (χ2v) is 5.87. The summed E-state index contributed by atoms with van der Waals surface area (Å²) in [5.41, 5.74) is 1.06. The van der Waals surface area contributed by atoms with Crippen LogP contribution in [0.3, 0.4) is 0 Å². The van der Waals surface area contributed by atoms with Gasteiger partial charge in [0, 0.05) is 24.5 Å². The van der Waals surface area contributed by atoms with E-state index in [1.807, 2.05) is 24.3 Å². The van der Waals surface area contributed by atoms with Crippen LogP contribution >= 0.6 is 0 Å². The van der Waals surface area contributed by atoms with Crippen molar-refractivity contribution in [2.75, 3.05) is 20.3 Å². The van der Waals surface area contributed by atoms with E-state index in [9.17, 15) is 0 Å². The van der Waals surface area contributed by atoms with Crippen molar-refractivity contribution in [3.8, 4) is 5.75 Å². The minimum Gasteiger partial charge on any atom is -0.497 e. The predicted octanol–water partition coefficient (Wildman–Crippen LogP) is 2.53. The Labute approximate surface area is 119 Å². The molecular weight excluding hydrogens is 256 g/mol. The van der Waals surface area contributed by atoms with Crippen molar-refractivity contribution in [3.63, 3.8) is 0 Å². The van der Waals surface area contributed by atoms with Crippen molar-refractivity contribution in [2.45, 2.75) is 31.3 Å². The number of ether oxygens (including phenoxy) is 4. The van der Waals surface area contributed by atoms with Gasteiger partial charge in [-0.2, -0.15) is 0 Å². The number of fused-ring (bicyclic) bond motifs is 3. The highest BCUT2D eigenvalue weighted by Crippen LogP contribution is 2.46. The normalized spacial score (nSPS) is 39.4. The lowest BCUT2D eigenvalue weighted by atomic mass is 9.92. The molecule has 1 unspecified atom stereocenters. The number of benzene rings is 1. The van der Waals surface area contributed by atoms with E-state index in [1.54, 1.807) is 7.11 Å². The minimum atomic E-state index is -0.249. The van der Waals surface area contributed by atoms with Crippen LogP contribution < -0.4 is 4.74 Å². The van der Waals surface area contributed by atoms with E-state index in [0.717, 1.165) is 37.4 Å². The summed E-state index contributed by atoms with van der Waals surface area (Å²) in [5, 5.41) is 0. The lowest BCUT2D eigenvalue weighted by Crippen LogP contribution is -2.35. The van der Waals surface area contributed by atoms with Crippen LogP contribution in [-0.4, -0.2) is 32.5 Å². The molecule has 2 saturated heterocycles. The third-order valence-corrected chi connectivity index (χ3v) is 4.88. The molecule has 4 heteroatoms. The Morgan fingerprint density at radius 1 is 1.05 bits per heavy atom. The third kappa shape index (κ3) is 2.03. The van der Waals surface area contributed by atoms with E-state index < -0.39 is 0 Å². The molecule has 1 saturated carbocycles. The van der Waals surface area contributed by atoms with Crippen molar-refractivity contribution in [1.29, 1.82) is 0 Å². The minimum absolute atomic E-state index is 0.249. The van der Waals surface area contributed by atoms with E-state index in [-0.39, 0.29) is 12.4 Å². The summed E-state index contributed by atoms with van der Waals surface area (Å²) in [7, 11) is 1.67. The fourth-order valence-corrected chi connectivity index (χ4v) is 3.80. The van der Waals surface area contributed by atoms with Crippen molar-refractivity contribution in [1.82, 2.24) is 0 Å². The molecule has 1 aliphatic carbocycles. The fraction of sp³-hybridized carbons (Fsp3) is 0.625. The van der Waals surface area contributed by atoms with Gasteiger partial charge >= 0.3 is 0 Å². The molecule has 2 aliphatic heterocycles. The first-order chi connectivity index (χ1) is 9.85. The molecule has 0 amide bonds. The smallest absolute Gasteiger partial charge is 0.184 e. The molecule has 20 heavy (non-hydrogen) atoms. The van der Waals surface area contributed by atoms with Crippen LogP contribution in [0.5, 0.6) is 5.75 Å². The molecule has 3 fully saturated rings. The van der Waals surface area contributed by atoms with Gasteiger partial charge in [-0.15, -0.1) is 0 Å². The standard InChI is InChI=1S/C16H20O4/c1-17-11-4-2-10(3-5-11)16-19-9-13-12-6-7-18-14(12)8-15(13)20-16/h2-5,12-16H,6-9H2,1H3/t12-,13-,14+,15-,16?/m1/s1. The molecule has 2 heterocycles. The highest BCUT2D eigenvalue weighted by molar-refractivity contribution is 5.28. The fourth-order valence-electron chi connectivity index (χ4n) is 3.80. The summed E-state index contributed by atoms with van der Waals surface area (Å²) in [4.78, 5) is 0. The van der Waals surface area contributed by atoms with Gasteiger partial charge in [0.05, 0.1) is 25.9 Å². The Balaban J connectivity index is 1.47. The zero-order chi connectivity index (χ0) is 13.5. The van der Waals surface area contributed by atoms with Gasteiger partial charge in [-0.05, 0) is 24.5 Å². The summed E-state index contributed by atoms with van der Waals surface area (Å²) in [6, 6.07) is 7.91. The molecule has 4 rings (SSSR count). The van der Waals surface area contributed by atoms with Gasteiger partial charge in [0.2, 0.25) is 0 Å². The summed E-state index contributed by atoms with van der Waals surface area (Å²) in [5.74, 6) is 2.00. The summed E-state index contributed by atoms with van der Waals surface area (Å²) < 4.78 is 23.1. The van der Waals surface area contributed by atoms with Crippen molar-refractivity contribution in [3.05, 3.63) is 29.8 Å². The maximum Gasteiger partial charge on any atom is 0.184 e. The topological polar surface area (TPSA) is 36.9 Å². The maximum absolute atomic E-state index is 6.16. The highest BCUT2D eigenvalue weighted by atomic mass is 16.7. The van der Waals surface area contributed by atoms with Gasteiger partial charge in [-0.25, -0.2) is 0 Å². The third-order valence-electron chi connectivity index (χ3n) is 4.88. The summed E-state index contributed by atoms with van der Waals surface area (Å²) >= 11 is 0. The van der Waals surface area contributed by atoms with Gasteiger partial charge in [-0.3, -0.25) is 0 Å². The van der Waals surface area contributed by atoms with Crippen LogP contribution in [-0.2, 0) is 14.2 Å². The molecule has 3 aliphatic rings. The molecule has 0 N–H and O–H groups in total. The zero-order valence-electron chi connectivity index (χ0n) is 11.7. The van der Waals surface area contributed by atoms with E-state index in [1.165, 1.54) is 0 Å². The van der Waals surface area contributed by atoms with E-state index >= 15 is 0 Å². The average Bonchev–Trinajstić information content (AvgIpc) is 3.07. The molecule has 0 bridgehead atoms. The number of rotatable bonds is 2. The van der Waals surface area contributed by atoms with Crippen LogP contribution in [0.15, 0.2) is 24.3 Å². The van der Waals surface area contributed by atoms with Gasteiger partial charge in [-0.1, -0.05) is 12.1 Å². The predicted molar refractivity (Wildman–Crippen MR) is 72.5 cm³/mol. The van der Waals surface area contributed by atoms with Gasteiger partial charge in [0.15, 0.2) is 6.29 Å². The Hall–Kier alpha value is -1.10. The van der Waals surface area contributed by atoms with Gasteiger partial charge in [0.25, 0.3) is 0 Å². The van der Waals surface area contributed by atoms with Gasteiger partial charge in [0.1, 0.15) is 5.75 Å². The monoisotopic (exact) mass is 276 g/mol. The van der Waals surface area contributed by atoms with Crippen LogP contribution in [0.2, 0.25) is 0 Å². The molecule has 5 atom stereocenters. The van der Waals surface area contributed by atoms with Crippen LogP contribution in [0.25, 0.3) is 0 Å². The summed E-state index contributed by atoms with van der Waals surface area (Å²) in [6.45, 7) is 1.69. The maximum atomic E-state index is 6.16. The van der Waals surface area contributed by atoms with Crippen molar-refractivity contribution in [2.24, 2.45) is 11.8 Å². The average molecular weight is 276 g/mol. The van der Waals surface area contributed by atoms with Crippen LogP contribution in [0.1, 0.15) is 24.7 Å². The molecular formula is C16H20O4. The molecule has 1 aromatic carbocycles. The Morgan fingerprint density at radius 2 is 1.90 bits per heavy atom. The number of methoxy groups -OCH3 is 1. The number of hydrogen-bond donors (Lipinski definition) is 0. The SMILES string of the molecule is COc1ccc(C2OC[C@@H]3[C@H]4CCO[C@H]4C[C@H]3O2)cc1. The molecule has 4 nitrogen and oxygen atoms in total. The number of hydrogen-bond acceptors (Lipinski definition) is 4. The first-order valence-corrected chi connectivity index (χ1v) is 7.38. The Bertz CT molecular complexity index is 472. The molecule has 0 spiro atoms. The zero-order valence-corrected chi connectivity index (χ0v) is 11.7. The quantitative estimate of drug-likeness (QED) is 0.832. The molecule has 0 radical (unpaired) electrons. The molecule has 1 aromatic rings. The Morgan fingerprint density at radius 3 is 2.70 bits per heavy atom. The summed E-state index contributed by atoms with van der Waals surface area (Å²) in [6.07, 6.45) is 2.60. The molecule has 108 valence electrons. The first-order valence-electron chi connectivity index (χ1n) is 7.38. The van der Waals surface area contributed by atoms with E-state index in [2.05, 4.69) is 0 Å². The second kappa shape index (κ2) is 5.02. The van der Waals surface area contributed by atoms with Crippen molar-refractivity contribution >= 4 is 0 Å². The van der Waals surface area contributed by atoms with E-state index in [0.29, 0.717) is 17.9 Å². The second-order valence-electron chi connectivity index (χ2n) is 5.87. The highest BCUT2D eigenvalue weighted by Gasteiger charge is 2.50. The molecule has 0 aromatic heterocycles. The first kappa shape index (κ1) is 12.6.